The van der Waals surface area contributed by atoms with Crippen molar-refractivity contribution < 1.29 is 9.18 Å². The average molecular weight is 351 g/mol. The molecule has 1 unspecified atom stereocenters. The van der Waals surface area contributed by atoms with E-state index in [1.54, 1.807) is 12.3 Å². The first-order chi connectivity index (χ1) is 12.6. The van der Waals surface area contributed by atoms with Gasteiger partial charge in [-0.15, -0.1) is 0 Å². The van der Waals surface area contributed by atoms with Gasteiger partial charge in [-0.3, -0.25) is 9.78 Å². The number of halogens is 1. The Kier molecular flexibility index (Phi) is 5.17. The molecule has 2 aromatic heterocycles. The first-order valence-electron chi connectivity index (χ1n) is 8.17. The smallest absolute Gasteiger partial charge is 0.244 e. The molecule has 0 bridgehead atoms. The van der Waals surface area contributed by atoms with E-state index in [1.807, 2.05) is 25.1 Å². The number of aromatic nitrogens is 3. The minimum Gasteiger partial charge on any atom is -0.368 e. The van der Waals surface area contributed by atoms with Crippen LogP contribution in [0.5, 0.6) is 0 Å². The molecule has 6 nitrogen and oxygen atoms in total. The molecule has 0 saturated carbocycles. The third kappa shape index (κ3) is 4.00. The van der Waals surface area contributed by atoms with E-state index < -0.39 is 11.9 Å². The molecule has 0 aliphatic heterocycles. The van der Waals surface area contributed by atoms with Crippen LogP contribution in [0.4, 0.5) is 10.2 Å². The molecule has 0 spiro atoms. The lowest BCUT2D eigenvalue weighted by atomic mass is 10.1. The van der Waals surface area contributed by atoms with Gasteiger partial charge in [0.15, 0.2) is 5.82 Å². The van der Waals surface area contributed by atoms with Crippen molar-refractivity contribution in [1.29, 1.82) is 0 Å². The van der Waals surface area contributed by atoms with Gasteiger partial charge in [-0.1, -0.05) is 25.1 Å². The van der Waals surface area contributed by atoms with E-state index in [1.165, 1.54) is 24.3 Å². The Labute approximate surface area is 150 Å². The maximum Gasteiger partial charge on any atom is 0.244 e. The predicted octanol–water partition coefficient (Wildman–Crippen LogP) is 2.88. The van der Waals surface area contributed by atoms with E-state index in [9.17, 15) is 9.18 Å². The largest absolute Gasteiger partial charge is 0.368 e. The number of pyridine rings is 1. The monoisotopic (exact) mass is 351 g/mol. The van der Waals surface area contributed by atoms with E-state index in [-0.39, 0.29) is 5.82 Å². The Bertz CT molecular complexity index is 900. The van der Waals surface area contributed by atoms with Crippen LogP contribution in [0.3, 0.4) is 0 Å². The van der Waals surface area contributed by atoms with Crippen molar-refractivity contribution in [2.24, 2.45) is 5.73 Å². The number of rotatable bonds is 6. The number of benzene rings is 1. The second kappa shape index (κ2) is 7.69. The molecule has 1 aromatic carbocycles. The summed E-state index contributed by atoms with van der Waals surface area (Å²) in [5.41, 5.74) is 7.50. The van der Waals surface area contributed by atoms with Gasteiger partial charge in [0.2, 0.25) is 5.91 Å². The van der Waals surface area contributed by atoms with Crippen LogP contribution < -0.4 is 11.1 Å². The van der Waals surface area contributed by atoms with Gasteiger partial charge in [0.1, 0.15) is 23.4 Å². The van der Waals surface area contributed by atoms with Crippen LogP contribution in [0.15, 0.2) is 54.7 Å². The number of nitrogens with zero attached hydrogens (tertiary/aromatic N) is 3. The van der Waals surface area contributed by atoms with Crippen molar-refractivity contribution in [3.8, 4) is 11.5 Å². The highest BCUT2D eigenvalue weighted by atomic mass is 19.1. The van der Waals surface area contributed by atoms with Gasteiger partial charge in [0.05, 0.1) is 0 Å². The van der Waals surface area contributed by atoms with Crippen molar-refractivity contribution in [2.45, 2.75) is 19.4 Å². The van der Waals surface area contributed by atoms with Crippen LogP contribution in [0.2, 0.25) is 0 Å². The summed E-state index contributed by atoms with van der Waals surface area (Å²) in [5, 5.41) is 3.02. The van der Waals surface area contributed by atoms with Gasteiger partial charge in [-0.05, 0) is 36.2 Å². The van der Waals surface area contributed by atoms with Crippen molar-refractivity contribution in [2.75, 3.05) is 5.32 Å². The highest BCUT2D eigenvalue weighted by Gasteiger charge is 2.19. The van der Waals surface area contributed by atoms with Crippen LogP contribution in [0, 0.1) is 5.82 Å². The second-order valence-corrected chi connectivity index (χ2v) is 5.67. The number of nitrogens with two attached hydrogens (primary N) is 1. The molecular weight excluding hydrogens is 333 g/mol. The zero-order valence-electron chi connectivity index (χ0n) is 14.2. The van der Waals surface area contributed by atoms with Gasteiger partial charge in [0.25, 0.3) is 0 Å². The van der Waals surface area contributed by atoms with E-state index in [0.29, 0.717) is 29.3 Å². The van der Waals surface area contributed by atoms with Gasteiger partial charge in [-0.2, -0.15) is 0 Å². The molecule has 3 rings (SSSR count). The molecule has 3 N–H and O–H groups in total. The topological polar surface area (TPSA) is 93.8 Å². The molecule has 0 radical (unpaired) electrons. The number of hydrogen-bond acceptors (Lipinski definition) is 5. The molecule has 132 valence electrons. The fourth-order valence-corrected chi connectivity index (χ4v) is 2.48. The van der Waals surface area contributed by atoms with Crippen LogP contribution in [0.1, 0.15) is 24.2 Å². The highest BCUT2D eigenvalue weighted by molar-refractivity contribution is 5.84. The first-order valence-corrected chi connectivity index (χ1v) is 8.17. The normalized spacial score (nSPS) is 11.8. The van der Waals surface area contributed by atoms with Gasteiger partial charge in [0, 0.05) is 18.0 Å². The summed E-state index contributed by atoms with van der Waals surface area (Å²) in [5.74, 6) is -0.0715. The van der Waals surface area contributed by atoms with Gasteiger partial charge >= 0.3 is 0 Å². The number of anilines is 1. The molecular formula is C19H18FN5O. The quantitative estimate of drug-likeness (QED) is 0.712. The Morgan fingerprint density at radius 2 is 1.96 bits per heavy atom. The Morgan fingerprint density at radius 1 is 1.19 bits per heavy atom. The van der Waals surface area contributed by atoms with Crippen molar-refractivity contribution >= 4 is 11.7 Å². The summed E-state index contributed by atoms with van der Waals surface area (Å²) in [6, 6.07) is 12.0. The van der Waals surface area contributed by atoms with Crippen LogP contribution in [0.25, 0.3) is 11.5 Å². The third-order valence-electron chi connectivity index (χ3n) is 3.82. The van der Waals surface area contributed by atoms with Crippen LogP contribution in [-0.4, -0.2) is 20.9 Å². The number of amides is 1. The van der Waals surface area contributed by atoms with Gasteiger partial charge in [-0.25, -0.2) is 14.4 Å². The van der Waals surface area contributed by atoms with E-state index in [4.69, 9.17) is 5.73 Å². The maximum atomic E-state index is 13.2. The number of nitrogens with one attached hydrogen (secondary N) is 1. The molecule has 1 amide bonds. The molecule has 26 heavy (non-hydrogen) atoms. The molecule has 7 heteroatoms. The second-order valence-electron chi connectivity index (χ2n) is 5.67. The zero-order valence-corrected chi connectivity index (χ0v) is 14.2. The summed E-state index contributed by atoms with van der Waals surface area (Å²) in [6.07, 6.45) is 2.35. The maximum absolute atomic E-state index is 13.2. The SMILES string of the molecule is CCc1cc(NC(C(N)=O)c2ccc(F)cc2)nc(-c2ccccn2)n1. The predicted molar refractivity (Wildman–Crippen MR) is 96.6 cm³/mol. The number of carbonyl (C=O) groups is 1. The van der Waals surface area contributed by atoms with Crippen LogP contribution in [-0.2, 0) is 11.2 Å². The standard InChI is InChI=1S/C19H18FN5O/c1-2-14-11-16(25-19(23-14)15-5-3-4-10-22-15)24-17(18(21)26)12-6-8-13(20)9-7-12/h3-11,17H,2H2,1H3,(H2,21,26)(H,23,24,25). The first kappa shape index (κ1) is 17.5. The number of primary amides is 1. The number of hydrogen-bond donors (Lipinski definition) is 2. The summed E-state index contributed by atoms with van der Waals surface area (Å²) < 4.78 is 13.2. The van der Waals surface area contributed by atoms with Gasteiger partial charge < -0.3 is 11.1 Å². The average Bonchev–Trinajstić information content (AvgIpc) is 2.67. The van der Waals surface area contributed by atoms with E-state index in [0.717, 1.165) is 5.69 Å². The Hall–Kier alpha value is -3.35. The number of aryl methyl sites for hydroxylation is 1. The summed E-state index contributed by atoms with van der Waals surface area (Å²) >= 11 is 0. The molecule has 0 saturated heterocycles. The molecule has 0 aliphatic rings. The summed E-state index contributed by atoms with van der Waals surface area (Å²) in [4.78, 5) is 25.1. The Morgan fingerprint density at radius 3 is 2.58 bits per heavy atom. The molecule has 2 heterocycles. The molecule has 0 fully saturated rings. The van der Waals surface area contributed by atoms with E-state index in [2.05, 4.69) is 20.3 Å². The van der Waals surface area contributed by atoms with Crippen LogP contribution >= 0.6 is 0 Å². The minimum absolute atomic E-state index is 0.385. The van der Waals surface area contributed by atoms with E-state index >= 15 is 0 Å². The third-order valence-corrected chi connectivity index (χ3v) is 3.82. The fourth-order valence-electron chi connectivity index (χ4n) is 2.48. The molecule has 0 aliphatic carbocycles. The van der Waals surface area contributed by atoms with Crippen molar-refractivity contribution in [3.05, 3.63) is 71.8 Å². The highest BCUT2D eigenvalue weighted by Crippen LogP contribution is 2.22. The summed E-state index contributed by atoms with van der Waals surface area (Å²) in [7, 11) is 0. The Balaban J connectivity index is 1.96. The molecule has 1 atom stereocenters. The fraction of sp³-hybridized carbons (Fsp3) is 0.158. The lowest BCUT2D eigenvalue weighted by Crippen LogP contribution is -2.28. The lowest BCUT2D eigenvalue weighted by Gasteiger charge is -2.17. The van der Waals surface area contributed by atoms with Crippen molar-refractivity contribution in [1.82, 2.24) is 15.0 Å². The zero-order chi connectivity index (χ0) is 18.5. The number of carbonyl (C=O) groups excluding carboxylic acids is 1. The van der Waals surface area contributed by atoms with Crippen molar-refractivity contribution in [3.63, 3.8) is 0 Å². The minimum atomic E-state index is -0.841. The summed E-state index contributed by atoms with van der Waals surface area (Å²) in [6.45, 7) is 1.97. The molecule has 3 aromatic rings. The lowest BCUT2D eigenvalue weighted by molar-refractivity contribution is -0.118.